The van der Waals surface area contributed by atoms with Crippen molar-refractivity contribution in [2.75, 3.05) is 6.61 Å². The zero-order chi connectivity index (χ0) is 15.0. The van der Waals surface area contributed by atoms with E-state index < -0.39 is 11.3 Å². The van der Waals surface area contributed by atoms with Crippen LogP contribution >= 0.6 is 11.6 Å². The van der Waals surface area contributed by atoms with Crippen molar-refractivity contribution in [1.82, 2.24) is 0 Å². The van der Waals surface area contributed by atoms with Crippen LogP contribution in [0.15, 0.2) is 42.5 Å². The Morgan fingerprint density at radius 3 is 2.67 bits per heavy atom. The van der Waals surface area contributed by atoms with E-state index in [1.54, 1.807) is 12.1 Å². The number of alkyl halides is 1. The number of hydrogen-bond acceptors (Lipinski definition) is 3. The first-order chi connectivity index (χ1) is 10.1. The second-order valence-electron chi connectivity index (χ2n) is 5.27. The van der Waals surface area contributed by atoms with Gasteiger partial charge < -0.3 is 9.84 Å². The van der Waals surface area contributed by atoms with Gasteiger partial charge in [-0.25, -0.2) is 0 Å². The van der Waals surface area contributed by atoms with Gasteiger partial charge in [0.15, 0.2) is 5.78 Å². The zero-order valence-corrected chi connectivity index (χ0v) is 12.3. The maximum Gasteiger partial charge on any atom is 0.171 e. The first-order valence-corrected chi connectivity index (χ1v) is 7.20. The van der Waals surface area contributed by atoms with Gasteiger partial charge >= 0.3 is 0 Å². The molecule has 0 spiro atoms. The van der Waals surface area contributed by atoms with E-state index in [0.717, 1.165) is 11.1 Å². The lowest BCUT2D eigenvalue weighted by Crippen LogP contribution is -2.30. The minimum Gasteiger partial charge on any atom is -0.508 e. The monoisotopic (exact) mass is 302 g/mol. The predicted octanol–water partition coefficient (Wildman–Crippen LogP) is 3.87. The molecule has 1 N–H and O–H groups in total. The summed E-state index contributed by atoms with van der Waals surface area (Å²) < 4.78 is 5.59. The van der Waals surface area contributed by atoms with E-state index in [1.165, 1.54) is 6.07 Å². The molecule has 0 aromatic heterocycles. The van der Waals surface area contributed by atoms with Crippen molar-refractivity contribution >= 4 is 17.4 Å². The van der Waals surface area contributed by atoms with Gasteiger partial charge in [0.25, 0.3) is 0 Å². The predicted molar refractivity (Wildman–Crippen MR) is 81.2 cm³/mol. The number of rotatable bonds is 2. The fourth-order valence-corrected chi connectivity index (χ4v) is 2.86. The number of aryl methyl sites for hydroxylation is 1. The molecule has 0 aliphatic carbocycles. The Morgan fingerprint density at radius 2 is 1.95 bits per heavy atom. The van der Waals surface area contributed by atoms with E-state index in [1.807, 2.05) is 31.2 Å². The highest BCUT2D eigenvalue weighted by Crippen LogP contribution is 2.42. The van der Waals surface area contributed by atoms with Crippen molar-refractivity contribution in [3.63, 3.8) is 0 Å². The van der Waals surface area contributed by atoms with Crippen molar-refractivity contribution in [1.29, 1.82) is 0 Å². The van der Waals surface area contributed by atoms with E-state index >= 15 is 0 Å². The highest BCUT2D eigenvalue weighted by Gasteiger charge is 2.35. The summed E-state index contributed by atoms with van der Waals surface area (Å²) in [7, 11) is 0. The summed E-state index contributed by atoms with van der Waals surface area (Å²) in [5, 5.41) is 9.01. The lowest BCUT2D eigenvalue weighted by atomic mass is 9.89. The third-order valence-electron chi connectivity index (χ3n) is 3.74. The molecule has 1 aliphatic heterocycles. The Kier molecular flexibility index (Phi) is 3.60. The van der Waals surface area contributed by atoms with E-state index in [9.17, 15) is 9.90 Å². The quantitative estimate of drug-likeness (QED) is 0.676. The van der Waals surface area contributed by atoms with Crippen LogP contribution in [0.5, 0.6) is 11.5 Å². The van der Waals surface area contributed by atoms with Gasteiger partial charge in [-0.3, -0.25) is 4.79 Å². The molecular formula is C17H15ClO3. The van der Waals surface area contributed by atoms with Crippen molar-refractivity contribution in [3.05, 3.63) is 59.2 Å². The van der Waals surface area contributed by atoms with Crippen LogP contribution in [0.4, 0.5) is 0 Å². The van der Waals surface area contributed by atoms with Crippen LogP contribution in [-0.2, 0) is 0 Å². The molecule has 0 amide bonds. The molecule has 1 heterocycles. The van der Waals surface area contributed by atoms with Crippen LogP contribution in [0, 0.1) is 12.8 Å². The molecule has 3 rings (SSSR count). The standard InChI is InChI=1S/C17H15ClO3/c1-10-2-4-11(5-3-10)17(20)14-9-21-15-8-12(19)6-7-13(15)16(14)18/h2-8,14,16,19H,9H2,1H3. The maximum absolute atomic E-state index is 12.6. The molecule has 0 saturated heterocycles. The molecule has 21 heavy (non-hydrogen) atoms. The smallest absolute Gasteiger partial charge is 0.171 e. The third-order valence-corrected chi connectivity index (χ3v) is 4.28. The van der Waals surface area contributed by atoms with Crippen LogP contribution in [0.25, 0.3) is 0 Å². The molecule has 0 fully saturated rings. The summed E-state index contributed by atoms with van der Waals surface area (Å²) in [6, 6.07) is 12.2. The van der Waals surface area contributed by atoms with Crippen LogP contribution < -0.4 is 4.74 Å². The molecule has 2 atom stereocenters. The van der Waals surface area contributed by atoms with Gasteiger partial charge in [-0.05, 0) is 13.0 Å². The molecule has 4 heteroatoms. The van der Waals surface area contributed by atoms with Gasteiger partial charge in [-0.15, -0.1) is 11.6 Å². The Morgan fingerprint density at radius 1 is 1.24 bits per heavy atom. The molecule has 0 radical (unpaired) electrons. The summed E-state index contributed by atoms with van der Waals surface area (Å²) in [5.74, 6) is 0.226. The van der Waals surface area contributed by atoms with Crippen LogP contribution in [-0.4, -0.2) is 17.5 Å². The topological polar surface area (TPSA) is 46.5 Å². The first kappa shape index (κ1) is 14.0. The molecule has 2 unspecified atom stereocenters. The number of Topliss-reactive ketones (excluding diaryl/α,β-unsaturated/α-hetero) is 1. The van der Waals surface area contributed by atoms with Gasteiger partial charge in [0, 0.05) is 17.2 Å². The molecule has 3 nitrogen and oxygen atoms in total. The fourth-order valence-electron chi connectivity index (χ4n) is 2.50. The SMILES string of the molecule is Cc1ccc(C(=O)C2COc3cc(O)ccc3C2Cl)cc1. The molecule has 0 saturated carbocycles. The van der Waals surface area contributed by atoms with Gasteiger partial charge in [0.05, 0.1) is 11.3 Å². The van der Waals surface area contributed by atoms with Crippen molar-refractivity contribution < 1.29 is 14.6 Å². The minimum absolute atomic E-state index is 0.0197. The number of benzene rings is 2. The van der Waals surface area contributed by atoms with Crippen LogP contribution in [0.3, 0.4) is 0 Å². The Bertz CT molecular complexity index is 679. The van der Waals surface area contributed by atoms with Gasteiger partial charge in [0.2, 0.25) is 0 Å². The lowest BCUT2D eigenvalue weighted by molar-refractivity contribution is 0.0849. The number of carbonyl (C=O) groups excluding carboxylic acids is 1. The average molecular weight is 303 g/mol. The van der Waals surface area contributed by atoms with E-state index in [4.69, 9.17) is 16.3 Å². The van der Waals surface area contributed by atoms with Crippen molar-refractivity contribution in [2.24, 2.45) is 5.92 Å². The number of phenolic OH excluding ortho intramolecular Hbond substituents is 1. The second-order valence-corrected chi connectivity index (χ2v) is 5.74. The molecule has 2 aromatic carbocycles. The average Bonchev–Trinajstić information content (AvgIpc) is 2.47. The molecule has 108 valence electrons. The number of carbonyl (C=O) groups is 1. The number of fused-ring (bicyclic) bond motifs is 1. The first-order valence-electron chi connectivity index (χ1n) is 6.77. The highest BCUT2D eigenvalue weighted by atomic mass is 35.5. The molecule has 2 aromatic rings. The number of ketones is 1. The molecule has 0 bridgehead atoms. The second kappa shape index (κ2) is 5.41. The summed E-state index contributed by atoms with van der Waals surface area (Å²) in [6.07, 6.45) is 0. The Balaban J connectivity index is 1.89. The third kappa shape index (κ3) is 2.61. The number of aromatic hydroxyl groups is 1. The van der Waals surface area contributed by atoms with Gasteiger partial charge in [-0.2, -0.15) is 0 Å². The van der Waals surface area contributed by atoms with Crippen LogP contribution in [0.2, 0.25) is 0 Å². The lowest BCUT2D eigenvalue weighted by Gasteiger charge is -2.29. The van der Waals surface area contributed by atoms with E-state index in [2.05, 4.69) is 0 Å². The van der Waals surface area contributed by atoms with Crippen molar-refractivity contribution in [3.8, 4) is 11.5 Å². The molecular weight excluding hydrogens is 288 g/mol. The number of halogens is 1. The largest absolute Gasteiger partial charge is 0.508 e. The Labute approximate surface area is 128 Å². The van der Waals surface area contributed by atoms with Crippen LogP contribution in [0.1, 0.15) is 26.9 Å². The summed E-state index contributed by atoms with van der Waals surface area (Å²) in [6.45, 7) is 2.20. The summed E-state index contributed by atoms with van der Waals surface area (Å²) >= 11 is 6.46. The highest BCUT2D eigenvalue weighted by molar-refractivity contribution is 6.23. The zero-order valence-electron chi connectivity index (χ0n) is 11.5. The summed E-state index contributed by atoms with van der Waals surface area (Å²) in [5.41, 5.74) is 2.49. The molecule has 1 aliphatic rings. The van der Waals surface area contributed by atoms with E-state index in [0.29, 0.717) is 11.3 Å². The van der Waals surface area contributed by atoms with E-state index in [-0.39, 0.29) is 18.1 Å². The number of ether oxygens (including phenoxy) is 1. The number of phenols is 1. The Hall–Kier alpha value is -2.00. The summed E-state index contributed by atoms with van der Waals surface area (Å²) in [4.78, 5) is 12.6. The normalized spacial score (nSPS) is 20.5. The van der Waals surface area contributed by atoms with Crippen molar-refractivity contribution in [2.45, 2.75) is 12.3 Å². The van der Waals surface area contributed by atoms with Gasteiger partial charge in [-0.1, -0.05) is 35.9 Å². The fraction of sp³-hybridized carbons (Fsp3) is 0.235. The van der Waals surface area contributed by atoms with Gasteiger partial charge in [0.1, 0.15) is 18.1 Å². The maximum atomic E-state index is 12.6. The minimum atomic E-state index is -0.455. The number of hydrogen-bond donors (Lipinski definition) is 1.